The van der Waals surface area contributed by atoms with Crippen LogP contribution in [0.3, 0.4) is 0 Å². The summed E-state index contributed by atoms with van der Waals surface area (Å²) >= 11 is 7.57. The minimum Gasteiger partial charge on any atom is -0.344 e. The number of hydrogen-bond acceptors (Lipinski definition) is 3. The highest BCUT2D eigenvalue weighted by atomic mass is 127. The van der Waals surface area contributed by atoms with Crippen molar-refractivity contribution in [3.8, 4) is 0 Å². The van der Waals surface area contributed by atoms with E-state index in [2.05, 4.69) is 4.98 Å². The van der Waals surface area contributed by atoms with Gasteiger partial charge < -0.3 is 4.90 Å². The second-order valence-corrected chi connectivity index (χ2v) is 5.06. The van der Waals surface area contributed by atoms with E-state index < -0.39 is 6.04 Å². The third kappa shape index (κ3) is 1.84. The Balaban J connectivity index is 2.47. The van der Waals surface area contributed by atoms with Gasteiger partial charge in [0.1, 0.15) is 21.1 Å². The zero-order chi connectivity index (χ0) is 11.9. The van der Waals surface area contributed by atoms with Crippen molar-refractivity contribution in [2.24, 2.45) is 0 Å². The quantitative estimate of drug-likeness (QED) is 0.557. The minimum absolute atomic E-state index is 0.0537. The van der Waals surface area contributed by atoms with Crippen LogP contribution in [0.2, 0.25) is 5.15 Å². The molecule has 1 aliphatic rings. The van der Waals surface area contributed by atoms with E-state index in [1.54, 1.807) is 11.9 Å². The number of nitrogens with zero attached hydrogens (tertiary/aromatic N) is 3. The van der Waals surface area contributed by atoms with Gasteiger partial charge in [0.05, 0.1) is 0 Å². The van der Waals surface area contributed by atoms with Gasteiger partial charge in [-0.1, -0.05) is 11.6 Å². The summed E-state index contributed by atoms with van der Waals surface area (Å²) in [5, 5.41) is 0.181. The molecule has 0 spiro atoms. The molecule has 1 atom stereocenters. The molecule has 0 bridgehead atoms. The summed E-state index contributed by atoms with van der Waals surface area (Å²) in [5.41, 5.74) is -0.255. The van der Waals surface area contributed by atoms with Crippen LogP contribution in [0.4, 0.5) is 0 Å². The van der Waals surface area contributed by atoms with Crippen molar-refractivity contribution >= 4 is 40.1 Å². The number of halogens is 2. The van der Waals surface area contributed by atoms with Gasteiger partial charge in [-0.3, -0.25) is 14.2 Å². The molecule has 5 nitrogen and oxygen atoms in total. The predicted molar refractivity (Wildman–Crippen MR) is 67.5 cm³/mol. The van der Waals surface area contributed by atoms with E-state index in [4.69, 9.17) is 11.6 Å². The van der Waals surface area contributed by atoms with Crippen molar-refractivity contribution in [1.82, 2.24) is 14.5 Å². The molecule has 7 heteroatoms. The lowest BCUT2D eigenvalue weighted by molar-refractivity contribution is -0.129. The lowest BCUT2D eigenvalue weighted by Crippen LogP contribution is -2.32. The monoisotopic (exact) mass is 353 g/mol. The first kappa shape index (κ1) is 11.8. The summed E-state index contributed by atoms with van der Waals surface area (Å²) in [6, 6.07) is -0.434. The van der Waals surface area contributed by atoms with Gasteiger partial charge in [0.15, 0.2) is 0 Å². The molecule has 1 saturated heterocycles. The van der Waals surface area contributed by atoms with Gasteiger partial charge in [-0.05, 0) is 29.0 Å². The van der Waals surface area contributed by atoms with Crippen molar-refractivity contribution < 1.29 is 4.79 Å². The molecule has 2 heterocycles. The molecule has 0 aromatic carbocycles. The van der Waals surface area contributed by atoms with Gasteiger partial charge in [0, 0.05) is 13.6 Å². The molecule has 86 valence electrons. The molecule has 0 aliphatic carbocycles. The molecule has 0 saturated carbocycles. The summed E-state index contributed by atoms with van der Waals surface area (Å²) in [7, 11) is 1.72. The molecule has 1 fully saturated rings. The van der Waals surface area contributed by atoms with E-state index >= 15 is 0 Å². The molecule has 1 unspecified atom stereocenters. The van der Waals surface area contributed by atoms with Gasteiger partial charge in [0.2, 0.25) is 5.91 Å². The lowest BCUT2D eigenvalue weighted by Gasteiger charge is -2.13. The highest BCUT2D eigenvalue weighted by Crippen LogP contribution is 2.21. The maximum absolute atomic E-state index is 11.9. The smallest absolute Gasteiger partial charge is 0.269 e. The Morgan fingerprint density at radius 1 is 1.56 bits per heavy atom. The van der Waals surface area contributed by atoms with Crippen LogP contribution in [0, 0.1) is 3.57 Å². The fraction of sp³-hybridized carbons (Fsp3) is 0.444. The van der Waals surface area contributed by atoms with Gasteiger partial charge in [0.25, 0.3) is 5.56 Å². The van der Waals surface area contributed by atoms with E-state index in [0.717, 1.165) is 0 Å². The van der Waals surface area contributed by atoms with E-state index in [0.29, 0.717) is 16.5 Å². The van der Waals surface area contributed by atoms with Crippen LogP contribution in [0.25, 0.3) is 0 Å². The molecule has 1 aromatic heterocycles. The normalized spacial score (nSPS) is 20.6. The van der Waals surface area contributed by atoms with Gasteiger partial charge in [-0.25, -0.2) is 4.98 Å². The van der Waals surface area contributed by atoms with Crippen LogP contribution < -0.4 is 5.56 Å². The van der Waals surface area contributed by atoms with Crippen LogP contribution in [-0.4, -0.2) is 34.0 Å². The Kier molecular flexibility index (Phi) is 3.20. The number of aromatic nitrogens is 2. The third-order valence-electron chi connectivity index (χ3n) is 2.63. The van der Waals surface area contributed by atoms with Gasteiger partial charge >= 0.3 is 0 Å². The number of likely N-dealkylation sites (tertiary alicyclic amines) is 1. The summed E-state index contributed by atoms with van der Waals surface area (Å²) < 4.78 is 1.71. The largest absolute Gasteiger partial charge is 0.344 e. The first-order valence-electron chi connectivity index (χ1n) is 4.69. The molecular formula is C9H9ClIN3O2. The molecule has 1 aliphatic heterocycles. The predicted octanol–water partition coefficient (Wildman–Crippen LogP) is 0.905. The average molecular weight is 354 g/mol. The summed E-state index contributed by atoms with van der Waals surface area (Å²) in [4.78, 5) is 29.1. The highest BCUT2D eigenvalue weighted by Gasteiger charge is 2.31. The topological polar surface area (TPSA) is 55.2 Å². The summed E-state index contributed by atoms with van der Waals surface area (Å²) in [6.45, 7) is 0.662. The Bertz CT molecular complexity index is 502. The van der Waals surface area contributed by atoms with Crippen LogP contribution in [0.5, 0.6) is 0 Å². The molecule has 2 rings (SSSR count). The SMILES string of the molecule is CN1CCC(n2cnc(Cl)c(I)c2=O)C1=O. The molecule has 0 radical (unpaired) electrons. The van der Waals surface area contributed by atoms with Crippen molar-refractivity contribution in [1.29, 1.82) is 0 Å². The van der Waals surface area contributed by atoms with Crippen molar-refractivity contribution in [2.75, 3.05) is 13.6 Å². The van der Waals surface area contributed by atoms with E-state index in [-0.39, 0.29) is 16.6 Å². The molecule has 16 heavy (non-hydrogen) atoms. The van der Waals surface area contributed by atoms with Crippen LogP contribution in [0.15, 0.2) is 11.1 Å². The van der Waals surface area contributed by atoms with Crippen molar-refractivity contribution in [3.05, 3.63) is 25.4 Å². The first-order chi connectivity index (χ1) is 7.52. The van der Waals surface area contributed by atoms with E-state index in [1.165, 1.54) is 10.9 Å². The third-order valence-corrected chi connectivity index (χ3v) is 4.21. The lowest BCUT2D eigenvalue weighted by atomic mass is 10.2. The van der Waals surface area contributed by atoms with Gasteiger partial charge in [-0.2, -0.15) is 0 Å². The summed E-state index contributed by atoms with van der Waals surface area (Å²) in [5.74, 6) is -0.0537. The zero-order valence-electron chi connectivity index (χ0n) is 8.48. The Morgan fingerprint density at radius 3 is 2.81 bits per heavy atom. The number of rotatable bonds is 1. The Hall–Kier alpha value is -0.630. The number of amides is 1. The molecular weight excluding hydrogens is 344 g/mol. The Labute approximate surface area is 111 Å². The fourth-order valence-electron chi connectivity index (χ4n) is 1.71. The van der Waals surface area contributed by atoms with E-state index in [1.807, 2.05) is 22.6 Å². The summed E-state index contributed by atoms with van der Waals surface area (Å²) in [6.07, 6.45) is 1.98. The zero-order valence-corrected chi connectivity index (χ0v) is 11.4. The number of likely N-dealkylation sites (N-methyl/N-ethyl adjacent to an activating group) is 1. The minimum atomic E-state index is -0.434. The first-order valence-corrected chi connectivity index (χ1v) is 6.15. The van der Waals surface area contributed by atoms with E-state index in [9.17, 15) is 9.59 Å². The molecule has 1 amide bonds. The fourth-order valence-corrected chi connectivity index (χ4v) is 2.25. The maximum atomic E-state index is 11.9. The number of hydrogen-bond donors (Lipinski definition) is 0. The molecule has 0 N–H and O–H groups in total. The Morgan fingerprint density at radius 2 is 2.25 bits per heavy atom. The average Bonchev–Trinajstić information content (AvgIpc) is 2.58. The second kappa shape index (κ2) is 4.33. The van der Waals surface area contributed by atoms with Crippen LogP contribution in [-0.2, 0) is 4.79 Å². The van der Waals surface area contributed by atoms with Crippen molar-refractivity contribution in [2.45, 2.75) is 12.5 Å². The van der Waals surface area contributed by atoms with Gasteiger partial charge in [-0.15, -0.1) is 0 Å². The maximum Gasteiger partial charge on any atom is 0.269 e. The standard InChI is InChI=1S/C9H9ClIN3O2/c1-13-3-2-5(8(13)15)14-4-12-7(10)6(11)9(14)16/h4-5H,2-3H2,1H3. The highest BCUT2D eigenvalue weighted by molar-refractivity contribution is 14.1. The number of carbonyl (C=O) groups excluding carboxylic acids is 1. The second-order valence-electron chi connectivity index (χ2n) is 3.63. The van der Waals surface area contributed by atoms with Crippen LogP contribution >= 0.6 is 34.2 Å². The van der Waals surface area contributed by atoms with Crippen LogP contribution in [0.1, 0.15) is 12.5 Å². The van der Waals surface area contributed by atoms with Crippen molar-refractivity contribution in [3.63, 3.8) is 0 Å². The molecule has 1 aromatic rings. The number of carbonyl (C=O) groups is 1.